The third-order valence-electron chi connectivity index (χ3n) is 5.44. The number of halogens is 1. The van der Waals surface area contributed by atoms with Crippen LogP contribution in [0.3, 0.4) is 0 Å². The van der Waals surface area contributed by atoms with E-state index in [0.29, 0.717) is 51.6 Å². The number of benzene rings is 1. The Labute approximate surface area is 191 Å². The van der Waals surface area contributed by atoms with Crippen molar-refractivity contribution >= 4 is 17.7 Å². The Morgan fingerprint density at radius 1 is 1.39 bits per heavy atom. The van der Waals surface area contributed by atoms with E-state index in [1.165, 1.54) is 18.3 Å². The van der Waals surface area contributed by atoms with Gasteiger partial charge in [-0.05, 0) is 51.1 Å². The molecule has 8 nitrogen and oxygen atoms in total. The number of rotatable bonds is 2. The third-order valence-corrected chi connectivity index (χ3v) is 5.44. The summed E-state index contributed by atoms with van der Waals surface area (Å²) >= 11 is 0. The SMILES string of the molecule is CC(C)n1nc2c(c1C#N)-c1cnc(N)c(c1)O[C@H](C)c1cc(F)ccc1N/C(=C\C=N)C2. The van der Waals surface area contributed by atoms with Crippen LogP contribution in [0.2, 0.25) is 0 Å². The van der Waals surface area contributed by atoms with Crippen LogP contribution in [-0.2, 0) is 6.42 Å². The van der Waals surface area contributed by atoms with E-state index in [9.17, 15) is 9.65 Å². The molecule has 4 N–H and O–H groups in total. The summed E-state index contributed by atoms with van der Waals surface area (Å²) in [5.74, 6) is 0.125. The number of ether oxygens (including phenoxy) is 1. The number of aromatic nitrogens is 3. The van der Waals surface area contributed by atoms with Crippen molar-refractivity contribution in [2.24, 2.45) is 0 Å². The molecule has 0 amide bonds. The molecular formula is C24H24FN7O. The zero-order valence-electron chi connectivity index (χ0n) is 18.6. The van der Waals surface area contributed by atoms with Gasteiger partial charge in [0.05, 0.1) is 5.69 Å². The fourth-order valence-electron chi connectivity index (χ4n) is 3.91. The Balaban J connectivity index is 2.00. The van der Waals surface area contributed by atoms with Crippen molar-refractivity contribution < 1.29 is 9.13 Å². The second-order valence-corrected chi connectivity index (χ2v) is 8.08. The molecule has 2 aromatic heterocycles. The number of anilines is 2. The summed E-state index contributed by atoms with van der Waals surface area (Å²) in [6, 6.07) is 8.34. The highest BCUT2D eigenvalue weighted by molar-refractivity contribution is 5.76. The first-order valence-corrected chi connectivity index (χ1v) is 10.5. The fourth-order valence-corrected chi connectivity index (χ4v) is 3.91. The van der Waals surface area contributed by atoms with Crippen molar-refractivity contribution in [1.82, 2.24) is 14.8 Å². The number of allylic oxidation sites excluding steroid dienone is 2. The number of hydrogen-bond acceptors (Lipinski definition) is 7. The van der Waals surface area contributed by atoms with Gasteiger partial charge >= 0.3 is 0 Å². The van der Waals surface area contributed by atoms with Gasteiger partial charge in [-0.15, -0.1) is 0 Å². The van der Waals surface area contributed by atoms with Crippen molar-refractivity contribution in [2.45, 2.75) is 39.3 Å². The van der Waals surface area contributed by atoms with Gasteiger partial charge < -0.3 is 21.2 Å². The third kappa shape index (κ3) is 4.15. The lowest BCUT2D eigenvalue weighted by Crippen LogP contribution is -2.13. The molecule has 0 saturated heterocycles. The number of nitrogens with one attached hydrogen (secondary N) is 2. The molecule has 0 spiro atoms. The standard InChI is InChI=1S/C24H24FN7O/c1-13(2)32-21(11-27)23-15-8-22(24(28)29-12-15)33-14(3)18-9-16(25)4-5-19(18)30-17(6-7-26)10-20(23)31-32/h4-9,12-14,26,30H,10H2,1-3H3,(H2,28,29)/b17-6-,26-7?/t14-/m1/s1. The summed E-state index contributed by atoms with van der Waals surface area (Å²) in [6.07, 6.45) is 4.12. The molecule has 3 heterocycles. The van der Waals surface area contributed by atoms with Crippen LogP contribution in [0.25, 0.3) is 11.1 Å². The van der Waals surface area contributed by atoms with E-state index in [1.54, 1.807) is 36.0 Å². The van der Waals surface area contributed by atoms with Crippen molar-refractivity contribution in [3.63, 3.8) is 0 Å². The Bertz CT molecular complexity index is 1300. The largest absolute Gasteiger partial charge is 0.482 e. The molecule has 1 aromatic carbocycles. The lowest BCUT2D eigenvalue weighted by molar-refractivity contribution is 0.228. The van der Waals surface area contributed by atoms with Gasteiger partial charge in [0.2, 0.25) is 0 Å². The first kappa shape index (κ1) is 22.0. The summed E-state index contributed by atoms with van der Waals surface area (Å²) in [5, 5.41) is 25.6. The average molecular weight is 446 g/mol. The van der Waals surface area contributed by atoms with Crippen molar-refractivity contribution in [3.8, 4) is 22.9 Å². The van der Waals surface area contributed by atoms with Crippen molar-refractivity contribution in [3.05, 3.63) is 65.0 Å². The van der Waals surface area contributed by atoms with E-state index in [2.05, 4.69) is 16.4 Å². The van der Waals surface area contributed by atoms with Crippen molar-refractivity contribution in [1.29, 1.82) is 10.7 Å². The molecule has 4 rings (SSSR count). The highest BCUT2D eigenvalue weighted by atomic mass is 19.1. The highest BCUT2D eigenvalue weighted by Crippen LogP contribution is 2.37. The summed E-state index contributed by atoms with van der Waals surface area (Å²) in [5.41, 5.74) is 10.3. The van der Waals surface area contributed by atoms with Crippen LogP contribution < -0.4 is 15.8 Å². The van der Waals surface area contributed by atoms with Gasteiger partial charge in [-0.1, -0.05) is 0 Å². The number of nitrogens with zero attached hydrogens (tertiary/aromatic N) is 4. The second kappa shape index (κ2) is 8.74. The minimum atomic E-state index is -0.559. The van der Waals surface area contributed by atoms with Gasteiger partial charge in [0.25, 0.3) is 0 Å². The maximum atomic E-state index is 14.1. The zero-order chi connectivity index (χ0) is 23.7. The molecule has 2 bridgehead atoms. The Morgan fingerprint density at radius 3 is 2.88 bits per heavy atom. The smallest absolute Gasteiger partial charge is 0.166 e. The number of hydrogen-bond donors (Lipinski definition) is 3. The monoisotopic (exact) mass is 445 g/mol. The molecule has 1 aliphatic rings. The molecule has 1 atom stereocenters. The summed E-state index contributed by atoms with van der Waals surface area (Å²) in [4.78, 5) is 4.29. The van der Waals surface area contributed by atoms with E-state index < -0.39 is 11.9 Å². The number of nitrogen functional groups attached to an aromatic ring is 1. The zero-order valence-corrected chi connectivity index (χ0v) is 18.6. The Hall–Kier alpha value is -4.19. The minimum Gasteiger partial charge on any atom is -0.482 e. The first-order valence-electron chi connectivity index (χ1n) is 10.5. The van der Waals surface area contributed by atoms with Crippen LogP contribution >= 0.6 is 0 Å². The average Bonchev–Trinajstić information content (AvgIpc) is 3.14. The van der Waals surface area contributed by atoms with Crippen molar-refractivity contribution in [2.75, 3.05) is 11.1 Å². The van der Waals surface area contributed by atoms with E-state index in [4.69, 9.17) is 21.0 Å². The maximum Gasteiger partial charge on any atom is 0.166 e. The van der Waals surface area contributed by atoms with Gasteiger partial charge in [0, 0.05) is 52.9 Å². The van der Waals surface area contributed by atoms with Crippen LogP contribution in [0.1, 0.15) is 49.9 Å². The minimum absolute atomic E-state index is 0.0489. The Morgan fingerprint density at radius 2 is 2.18 bits per heavy atom. The predicted molar refractivity (Wildman–Crippen MR) is 125 cm³/mol. The molecule has 1 aliphatic heterocycles. The highest BCUT2D eigenvalue weighted by Gasteiger charge is 2.25. The maximum absolute atomic E-state index is 14.1. The molecule has 0 unspecified atom stereocenters. The van der Waals surface area contributed by atoms with Gasteiger partial charge in [0.1, 0.15) is 23.7 Å². The van der Waals surface area contributed by atoms with Gasteiger partial charge in [-0.2, -0.15) is 10.4 Å². The molecule has 0 radical (unpaired) electrons. The van der Waals surface area contributed by atoms with Crippen LogP contribution in [0.15, 0.2) is 42.2 Å². The lowest BCUT2D eigenvalue weighted by Gasteiger charge is -2.22. The van der Waals surface area contributed by atoms with Crippen LogP contribution in [0, 0.1) is 22.6 Å². The van der Waals surface area contributed by atoms with Crippen LogP contribution in [0.5, 0.6) is 5.75 Å². The van der Waals surface area contributed by atoms with Gasteiger partial charge in [0.15, 0.2) is 11.6 Å². The first-order chi connectivity index (χ1) is 15.8. The van der Waals surface area contributed by atoms with E-state index >= 15 is 0 Å². The molecular weight excluding hydrogens is 421 g/mol. The van der Waals surface area contributed by atoms with Gasteiger partial charge in [-0.3, -0.25) is 4.68 Å². The van der Waals surface area contributed by atoms with Crippen LogP contribution in [0.4, 0.5) is 15.9 Å². The number of nitrogens with two attached hydrogens (primary N) is 1. The van der Waals surface area contributed by atoms with Crippen LogP contribution in [-0.4, -0.2) is 21.0 Å². The molecule has 9 heteroatoms. The molecule has 0 fully saturated rings. The van der Waals surface area contributed by atoms with Gasteiger partial charge in [-0.25, -0.2) is 9.37 Å². The molecule has 3 aromatic rings. The van der Waals surface area contributed by atoms with E-state index in [0.717, 1.165) is 0 Å². The quantitative estimate of drug-likeness (QED) is 0.488. The number of pyridine rings is 1. The predicted octanol–water partition coefficient (Wildman–Crippen LogP) is 4.76. The normalized spacial score (nSPS) is 16.5. The Kier molecular flexibility index (Phi) is 5.84. The molecule has 168 valence electrons. The topological polar surface area (TPSA) is 126 Å². The lowest BCUT2D eigenvalue weighted by atomic mass is 10.0. The molecule has 33 heavy (non-hydrogen) atoms. The van der Waals surface area contributed by atoms with E-state index in [-0.39, 0.29) is 11.9 Å². The van der Waals surface area contributed by atoms with E-state index in [1.807, 2.05) is 13.8 Å². The number of fused-ring (bicyclic) bond motifs is 5. The number of nitriles is 1. The fraction of sp³-hybridized carbons (Fsp3) is 0.250. The second-order valence-electron chi connectivity index (χ2n) is 8.08. The summed E-state index contributed by atoms with van der Waals surface area (Å²) in [6.45, 7) is 5.69. The summed E-state index contributed by atoms with van der Waals surface area (Å²) < 4.78 is 21.9. The summed E-state index contributed by atoms with van der Waals surface area (Å²) in [7, 11) is 0. The molecule has 0 saturated carbocycles. The molecule has 0 aliphatic carbocycles.